The SMILES string of the molecule is Oc1ccccc1SCc1ccc(Br)s1. The number of benzene rings is 1. The Morgan fingerprint density at radius 1 is 1.20 bits per heavy atom. The molecule has 0 atom stereocenters. The van der Waals surface area contributed by atoms with Crippen molar-refractivity contribution in [1.29, 1.82) is 0 Å². The third kappa shape index (κ3) is 3.00. The van der Waals surface area contributed by atoms with Gasteiger partial charge >= 0.3 is 0 Å². The van der Waals surface area contributed by atoms with Crippen molar-refractivity contribution in [2.75, 3.05) is 0 Å². The number of para-hydroxylation sites is 1. The molecule has 1 nitrogen and oxygen atoms in total. The van der Waals surface area contributed by atoms with Gasteiger partial charge < -0.3 is 5.11 Å². The fourth-order valence-electron chi connectivity index (χ4n) is 1.16. The summed E-state index contributed by atoms with van der Waals surface area (Å²) >= 11 is 6.81. The molecule has 0 radical (unpaired) electrons. The largest absolute Gasteiger partial charge is 0.507 e. The van der Waals surface area contributed by atoms with Gasteiger partial charge in [-0.15, -0.1) is 23.1 Å². The molecule has 0 unspecified atom stereocenters. The van der Waals surface area contributed by atoms with Crippen LogP contribution in [-0.2, 0) is 5.75 Å². The minimum absolute atomic E-state index is 0.359. The van der Waals surface area contributed by atoms with E-state index in [2.05, 4.69) is 22.0 Å². The Kier molecular flexibility index (Phi) is 3.72. The van der Waals surface area contributed by atoms with E-state index in [4.69, 9.17) is 0 Å². The Labute approximate surface area is 105 Å². The second-order valence-electron chi connectivity index (χ2n) is 2.96. The zero-order valence-corrected chi connectivity index (χ0v) is 11.0. The molecule has 1 N–H and O–H groups in total. The first-order chi connectivity index (χ1) is 7.25. The molecule has 15 heavy (non-hydrogen) atoms. The highest BCUT2D eigenvalue weighted by Gasteiger charge is 2.02. The second-order valence-corrected chi connectivity index (χ2v) is 6.53. The third-order valence-electron chi connectivity index (χ3n) is 1.86. The number of rotatable bonds is 3. The Morgan fingerprint density at radius 3 is 2.67 bits per heavy atom. The van der Waals surface area contributed by atoms with Crippen LogP contribution in [0.3, 0.4) is 0 Å². The van der Waals surface area contributed by atoms with Crippen molar-refractivity contribution in [3.05, 3.63) is 45.1 Å². The van der Waals surface area contributed by atoms with Crippen molar-refractivity contribution in [3.8, 4) is 5.75 Å². The molecule has 2 aromatic rings. The number of phenolic OH excluding ortho intramolecular Hbond substituents is 1. The smallest absolute Gasteiger partial charge is 0.129 e. The standard InChI is InChI=1S/C11H9BrOS2/c12-11-6-5-8(15-11)7-14-10-4-2-1-3-9(10)13/h1-6,13H,7H2. The van der Waals surface area contributed by atoms with Gasteiger partial charge in [-0.05, 0) is 40.2 Å². The Morgan fingerprint density at radius 2 is 2.00 bits per heavy atom. The van der Waals surface area contributed by atoms with Crippen molar-refractivity contribution in [3.63, 3.8) is 0 Å². The zero-order valence-electron chi connectivity index (χ0n) is 7.81. The molecule has 0 aliphatic carbocycles. The van der Waals surface area contributed by atoms with Gasteiger partial charge in [-0.2, -0.15) is 0 Å². The molecule has 1 aromatic carbocycles. The molecule has 0 aliphatic rings. The van der Waals surface area contributed by atoms with Gasteiger partial charge in [0.15, 0.2) is 0 Å². The molecule has 0 aliphatic heterocycles. The monoisotopic (exact) mass is 300 g/mol. The van der Waals surface area contributed by atoms with Crippen molar-refractivity contribution in [2.24, 2.45) is 0 Å². The Bertz CT molecular complexity index is 453. The van der Waals surface area contributed by atoms with Gasteiger partial charge in [-0.1, -0.05) is 12.1 Å². The van der Waals surface area contributed by atoms with E-state index in [1.54, 1.807) is 29.2 Å². The van der Waals surface area contributed by atoms with Crippen LogP contribution in [-0.4, -0.2) is 5.11 Å². The Hall–Kier alpha value is -0.450. The fourth-order valence-corrected chi connectivity index (χ4v) is 3.63. The Balaban J connectivity index is 2.02. The highest BCUT2D eigenvalue weighted by molar-refractivity contribution is 9.11. The molecule has 0 bridgehead atoms. The van der Waals surface area contributed by atoms with Crippen molar-refractivity contribution >= 4 is 39.0 Å². The van der Waals surface area contributed by atoms with Crippen LogP contribution in [0.2, 0.25) is 0 Å². The lowest BCUT2D eigenvalue weighted by atomic mass is 10.3. The van der Waals surface area contributed by atoms with Crippen LogP contribution >= 0.6 is 39.0 Å². The summed E-state index contributed by atoms with van der Waals surface area (Å²) in [5, 5.41) is 9.57. The number of thiophene rings is 1. The van der Waals surface area contributed by atoms with Crippen LogP contribution in [0.5, 0.6) is 5.75 Å². The van der Waals surface area contributed by atoms with Gasteiger partial charge in [0.05, 0.1) is 3.79 Å². The number of hydrogen-bond donors (Lipinski definition) is 1. The average molecular weight is 301 g/mol. The second kappa shape index (κ2) is 5.05. The molecule has 1 aromatic heterocycles. The van der Waals surface area contributed by atoms with E-state index in [1.165, 1.54) is 4.88 Å². The fraction of sp³-hybridized carbons (Fsp3) is 0.0909. The summed E-state index contributed by atoms with van der Waals surface area (Å²) in [5.41, 5.74) is 0. The quantitative estimate of drug-likeness (QED) is 0.842. The topological polar surface area (TPSA) is 20.2 Å². The first-order valence-electron chi connectivity index (χ1n) is 4.41. The molecule has 2 rings (SSSR count). The summed E-state index contributed by atoms with van der Waals surface area (Å²) in [6, 6.07) is 11.6. The van der Waals surface area contributed by atoms with E-state index in [0.29, 0.717) is 5.75 Å². The summed E-state index contributed by atoms with van der Waals surface area (Å²) in [5.74, 6) is 1.26. The summed E-state index contributed by atoms with van der Waals surface area (Å²) in [7, 11) is 0. The van der Waals surface area contributed by atoms with E-state index in [-0.39, 0.29) is 0 Å². The average Bonchev–Trinajstić information content (AvgIpc) is 2.63. The van der Waals surface area contributed by atoms with Crippen LogP contribution in [0.1, 0.15) is 4.88 Å². The van der Waals surface area contributed by atoms with Crippen LogP contribution in [0.15, 0.2) is 45.1 Å². The van der Waals surface area contributed by atoms with Crippen molar-refractivity contribution < 1.29 is 5.11 Å². The molecule has 0 saturated heterocycles. The molecule has 4 heteroatoms. The maximum Gasteiger partial charge on any atom is 0.129 e. The molecule has 1 heterocycles. The normalized spacial score (nSPS) is 10.5. The lowest BCUT2D eigenvalue weighted by Crippen LogP contribution is -1.75. The molecular weight excluding hydrogens is 292 g/mol. The van der Waals surface area contributed by atoms with E-state index in [0.717, 1.165) is 14.4 Å². The van der Waals surface area contributed by atoms with Crippen molar-refractivity contribution in [2.45, 2.75) is 10.6 Å². The van der Waals surface area contributed by atoms with Crippen LogP contribution < -0.4 is 0 Å². The third-order valence-corrected chi connectivity index (χ3v) is 4.78. The molecular formula is C11H9BrOS2. The molecule has 0 spiro atoms. The predicted molar refractivity (Wildman–Crippen MR) is 69.7 cm³/mol. The minimum Gasteiger partial charge on any atom is -0.507 e. The maximum absolute atomic E-state index is 9.57. The van der Waals surface area contributed by atoms with Gasteiger partial charge in [0.25, 0.3) is 0 Å². The van der Waals surface area contributed by atoms with E-state index < -0.39 is 0 Å². The number of phenols is 1. The molecule has 0 fully saturated rings. The summed E-state index contributed by atoms with van der Waals surface area (Å²) in [6.45, 7) is 0. The van der Waals surface area contributed by atoms with Gasteiger partial charge in [0, 0.05) is 15.5 Å². The summed E-state index contributed by atoms with van der Waals surface area (Å²) in [4.78, 5) is 2.23. The van der Waals surface area contributed by atoms with Gasteiger partial charge in [0.2, 0.25) is 0 Å². The van der Waals surface area contributed by atoms with Crippen LogP contribution in [0.25, 0.3) is 0 Å². The molecule has 0 amide bonds. The number of aromatic hydroxyl groups is 1. The first kappa shape index (κ1) is 11.0. The summed E-state index contributed by atoms with van der Waals surface area (Å²) < 4.78 is 1.15. The minimum atomic E-state index is 0.359. The van der Waals surface area contributed by atoms with Crippen LogP contribution in [0.4, 0.5) is 0 Å². The molecule has 78 valence electrons. The highest BCUT2D eigenvalue weighted by Crippen LogP contribution is 2.33. The summed E-state index contributed by atoms with van der Waals surface area (Å²) in [6.07, 6.45) is 0. The first-order valence-corrected chi connectivity index (χ1v) is 7.00. The number of thioether (sulfide) groups is 1. The van der Waals surface area contributed by atoms with Crippen molar-refractivity contribution in [1.82, 2.24) is 0 Å². The maximum atomic E-state index is 9.57. The predicted octanol–water partition coefficient (Wildman–Crippen LogP) is 4.51. The highest BCUT2D eigenvalue weighted by atomic mass is 79.9. The van der Waals surface area contributed by atoms with E-state index >= 15 is 0 Å². The number of hydrogen-bond acceptors (Lipinski definition) is 3. The zero-order chi connectivity index (χ0) is 10.7. The van der Waals surface area contributed by atoms with Crippen LogP contribution in [0, 0.1) is 0 Å². The van der Waals surface area contributed by atoms with E-state index in [1.807, 2.05) is 24.3 Å². The van der Waals surface area contributed by atoms with Gasteiger partial charge in [0.1, 0.15) is 5.75 Å². The van der Waals surface area contributed by atoms with Gasteiger partial charge in [-0.3, -0.25) is 0 Å². The molecule has 0 saturated carbocycles. The number of halogens is 1. The van der Waals surface area contributed by atoms with E-state index in [9.17, 15) is 5.11 Å². The lowest BCUT2D eigenvalue weighted by Gasteiger charge is -2.01. The van der Waals surface area contributed by atoms with Gasteiger partial charge in [-0.25, -0.2) is 0 Å². The lowest BCUT2D eigenvalue weighted by molar-refractivity contribution is 0.462.